The number of nitrogens with one attached hydrogen (secondary N) is 1. The lowest BCUT2D eigenvalue weighted by atomic mass is 10.1. The fraction of sp³-hybridized carbons (Fsp3) is 0.333. The van der Waals surface area contributed by atoms with Gasteiger partial charge in [-0.15, -0.1) is 0 Å². The molecule has 2 aromatic carbocycles. The van der Waals surface area contributed by atoms with Crippen LogP contribution in [0.3, 0.4) is 0 Å². The van der Waals surface area contributed by atoms with Gasteiger partial charge >= 0.3 is 0 Å². The minimum absolute atomic E-state index is 0.0448. The van der Waals surface area contributed by atoms with Crippen LogP contribution in [-0.2, 0) is 9.59 Å². The van der Waals surface area contributed by atoms with Gasteiger partial charge in [0.15, 0.2) is 0 Å². The maximum Gasteiger partial charge on any atom is 0.246 e. The average Bonchev–Trinajstić information content (AvgIpc) is 2.73. The van der Waals surface area contributed by atoms with E-state index in [1.165, 1.54) is 0 Å². The first-order valence-corrected chi connectivity index (χ1v) is 10.2. The van der Waals surface area contributed by atoms with Gasteiger partial charge in [-0.3, -0.25) is 9.59 Å². The van der Waals surface area contributed by atoms with E-state index in [-0.39, 0.29) is 11.8 Å². The summed E-state index contributed by atoms with van der Waals surface area (Å²) in [7, 11) is 0. The molecule has 3 rings (SSSR count). The molecule has 0 atom stereocenters. The summed E-state index contributed by atoms with van der Waals surface area (Å²) in [6.45, 7) is 7.05. The zero-order chi connectivity index (χ0) is 20.6. The smallest absolute Gasteiger partial charge is 0.246 e. The molecule has 0 radical (unpaired) electrons. The van der Waals surface area contributed by atoms with Crippen molar-refractivity contribution < 1.29 is 9.59 Å². The molecule has 0 aliphatic carbocycles. The summed E-state index contributed by atoms with van der Waals surface area (Å²) in [5, 5.41) is 2.93. The Morgan fingerprint density at radius 2 is 1.62 bits per heavy atom. The van der Waals surface area contributed by atoms with Gasteiger partial charge < -0.3 is 15.1 Å². The third kappa shape index (κ3) is 6.21. The number of rotatable bonds is 6. The molecule has 1 heterocycles. The maximum absolute atomic E-state index is 12.4. The molecule has 2 amide bonds. The molecule has 5 nitrogen and oxygen atoms in total. The largest absolute Gasteiger partial charge is 0.368 e. The number of hydrogen-bond acceptors (Lipinski definition) is 3. The summed E-state index contributed by atoms with van der Waals surface area (Å²) in [5.74, 6) is 0.441. The molecule has 2 aromatic rings. The molecule has 0 spiro atoms. The van der Waals surface area contributed by atoms with E-state index in [1.54, 1.807) is 6.08 Å². The Morgan fingerprint density at radius 3 is 2.24 bits per heavy atom. The Labute approximate surface area is 173 Å². The predicted octanol–water partition coefficient (Wildman–Crippen LogP) is 4.03. The van der Waals surface area contributed by atoms with Crippen LogP contribution in [0.1, 0.15) is 25.8 Å². The van der Waals surface area contributed by atoms with Crippen LogP contribution in [0.4, 0.5) is 11.4 Å². The van der Waals surface area contributed by atoms with Crippen LogP contribution in [0.5, 0.6) is 0 Å². The fourth-order valence-corrected chi connectivity index (χ4v) is 3.36. The highest BCUT2D eigenvalue weighted by molar-refractivity contribution is 5.92. The molecule has 0 saturated carbocycles. The number of hydrogen-bond donors (Lipinski definition) is 1. The van der Waals surface area contributed by atoms with Crippen LogP contribution in [0, 0.1) is 5.92 Å². The molecular weight excluding hydrogens is 362 g/mol. The van der Waals surface area contributed by atoms with E-state index in [2.05, 4.69) is 10.2 Å². The second kappa shape index (κ2) is 9.92. The Morgan fingerprint density at radius 1 is 0.966 bits per heavy atom. The molecule has 152 valence electrons. The molecule has 29 heavy (non-hydrogen) atoms. The van der Waals surface area contributed by atoms with Crippen LogP contribution >= 0.6 is 0 Å². The molecular formula is C24H29N3O2. The van der Waals surface area contributed by atoms with E-state index in [1.807, 2.05) is 79.4 Å². The second-order valence-corrected chi connectivity index (χ2v) is 7.75. The zero-order valence-corrected chi connectivity index (χ0v) is 17.2. The molecule has 0 bridgehead atoms. The summed E-state index contributed by atoms with van der Waals surface area (Å²) < 4.78 is 0. The zero-order valence-electron chi connectivity index (χ0n) is 17.2. The van der Waals surface area contributed by atoms with Gasteiger partial charge in [0.1, 0.15) is 0 Å². The maximum atomic E-state index is 12.4. The first-order valence-electron chi connectivity index (χ1n) is 10.2. The Bertz CT molecular complexity index is 836. The van der Waals surface area contributed by atoms with E-state index in [0.717, 1.165) is 30.0 Å². The number of piperazine rings is 1. The topological polar surface area (TPSA) is 52.7 Å². The fourth-order valence-electron chi connectivity index (χ4n) is 3.36. The third-order valence-electron chi connectivity index (χ3n) is 4.92. The first kappa shape index (κ1) is 20.6. The van der Waals surface area contributed by atoms with Crippen molar-refractivity contribution in [3.63, 3.8) is 0 Å². The second-order valence-electron chi connectivity index (χ2n) is 7.75. The van der Waals surface area contributed by atoms with Crippen molar-refractivity contribution in [1.82, 2.24) is 4.90 Å². The molecule has 1 aliphatic rings. The van der Waals surface area contributed by atoms with Gasteiger partial charge in [-0.25, -0.2) is 0 Å². The van der Waals surface area contributed by atoms with Crippen molar-refractivity contribution in [1.29, 1.82) is 0 Å². The summed E-state index contributed by atoms with van der Waals surface area (Å²) in [4.78, 5) is 28.5. The number of carbonyl (C=O) groups excluding carboxylic acids is 2. The van der Waals surface area contributed by atoms with Crippen LogP contribution in [-0.4, -0.2) is 42.9 Å². The molecule has 1 aliphatic heterocycles. The Hall–Kier alpha value is -3.08. The SMILES string of the molecule is CC(C)CC(=O)Nc1ccc(N2CCN(C(=O)/C=C/c3ccccc3)CC2)cc1. The molecule has 0 unspecified atom stereocenters. The van der Waals surface area contributed by atoms with Gasteiger partial charge in [0.25, 0.3) is 0 Å². The highest BCUT2D eigenvalue weighted by Crippen LogP contribution is 2.20. The lowest BCUT2D eigenvalue weighted by Gasteiger charge is -2.35. The average molecular weight is 392 g/mol. The lowest BCUT2D eigenvalue weighted by molar-refractivity contribution is -0.126. The van der Waals surface area contributed by atoms with E-state index in [0.29, 0.717) is 25.4 Å². The van der Waals surface area contributed by atoms with Crippen molar-refractivity contribution in [2.75, 3.05) is 36.4 Å². The number of benzene rings is 2. The highest BCUT2D eigenvalue weighted by Gasteiger charge is 2.19. The first-order chi connectivity index (χ1) is 14.0. The number of nitrogens with zero attached hydrogens (tertiary/aromatic N) is 2. The van der Waals surface area contributed by atoms with Crippen LogP contribution in [0.15, 0.2) is 60.7 Å². The predicted molar refractivity (Wildman–Crippen MR) is 119 cm³/mol. The molecule has 5 heteroatoms. The lowest BCUT2D eigenvalue weighted by Crippen LogP contribution is -2.48. The van der Waals surface area contributed by atoms with Crippen LogP contribution < -0.4 is 10.2 Å². The summed E-state index contributed by atoms with van der Waals surface area (Å²) in [6, 6.07) is 17.8. The highest BCUT2D eigenvalue weighted by atomic mass is 16.2. The van der Waals surface area contributed by atoms with Crippen LogP contribution in [0.25, 0.3) is 6.08 Å². The molecule has 1 N–H and O–H groups in total. The van der Waals surface area contributed by atoms with Gasteiger partial charge in [0, 0.05) is 50.1 Å². The van der Waals surface area contributed by atoms with E-state index >= 15 is 0 Å². The standard InChI is InChI=1S/C24H29N3O2/c1-19(2)18-23(28)25-21-9-11-22(12-10-21)26-14-16-27(17-15-26)24(29)13-8-20-6-4-3-5-7-20/h3-13,19H,14-18H2,1-2H3,(H,25,28)/b13-8+. The number of amides is 2. The quantitative estimate of drug-likeness (QED) is 0.757. The summed E-state index contributed by atoms with van der Waals surface area (Å²) in [5.41, 5.74) is 2.96. The third-order valence-corrected chi connectivity index (χ3v) is 4.92. The van der Waals surface area contributed by atoms with Crippen molar-refractivity contribution in [3.8, 4) is 0 Å². The van der Waals surface area contributed by atoms with Crippen molar-refractivity contribution in [2.24, 2.45) is 5.92 Å². The van der Waals surface area contributed by atoms with Gasteiger partial charge in [0.2, 0.25) is 11.8 Å². The number of anilines is 2. The minimum Gasteiger partial charge on any atom is -0.368 e. The van der Waals surface area contributed by atoms with Gasteiger partial charge in [-0.05, 0) is 41.8 Å². The van der Waals surface area contributed by atoms with Crippen molar-refractivity contribution in [2.45, 2.75) is 20.3 Å². The summed E-state index contributed by atoms with van der Waals surface area (Å²) in [6.07, 6.45) is 4.04. The molecule has 0 aromatic heterocycles. The number of carbonyl (C=O) groups is 2. The molecule has 1 saturated heterocycles. The van der Waals surface area contributed by atoms with Gasteiger partial charge in [-0.1, -0.05) is 44.2 Å². The van der Waals surface area contributed by atoms with Crippen molar-refractivity contribution >= 4 is 29.3 Å². The van der Waals surface area contributed by atoms with Crippen molar-refractivity contribution in [3.05, 3.63) is 66.2 Å². The van der Waals surface area contributed by atoms with Gasteiger partial charge in [0.05, 0.1) is 0 Å². The normalized spacial score (nSPS) is 14.4. The van der Waals surface area contributed by atoms with E-state index in [4.69, 9.17) is 0 Å². The molecule has 1 fully saturated rings. The van der Waals surface area contributed by atoms with Gasteiger partial charge in [-0.2, -0.15) is 0 Å². The minimum atomic E-state index is 0.0448. The summed E-state index contributed by atoms with van der Waals surface area (Å²) >= 11 is 0. The Kier molecular flexibility index (Phi) is 7.06. The monoisotopic (exact) mass is 391 g/mol. The van der Waals surface area contributed by atoms with E-state index < -0.39 is 0 Å². The Balaban J connectivity index is 1.49. The van der Waals surface area contributed by atoms with E-state index in [9.17, 15) is 9.59 Å². The van der Waals surface area contributed by atoms with Crippen LogP contribution in [0.2, 0.25) is 0 Å².